The number of nitrogens with zero attached hydrogens (tertiary/aromatic N) is 1. The number of carbonyl (C=O) groups is 1. The molecule has 26 heavy (non-hydrogen) atoms. The summed E-state index contributed by atoms with van der Waals surface area (Å²) in [6.45, 7) is 0.561. The van der Waals surface area contributed by atoms with E-state index in [2.05, 4.69) is 15.5 Å². The summed E-state index contributed by atoms with van der Waals surface area (Å²) in [5.41, 5.74) is 2.73. The Labute approximate surface area is 158 Å². The molecule has 1 atom stereocenters. The first kappa shape index (κ1) is 17.4. The van der Waals surface area contributed by atoms with Crippen molar-refractivity contribution in [2.24, 2.45) is 11.1 Å². The van der Waals surface area contributed by atoms with Crippen molar-refractivity contribution in [2.75, 3.05) is 6.54 Å². The van der Waals surface area contributed by atoms with E-state index in [9.17, 15) is 4.79 Å². The van der Waals surface area contributed by atoms with Crippen LogP contribution < -0.4 is 5.32 Å². The quantitative estimate of drug-likeness (QED) is 0.824. The lowest BCUT2D eigenvalue weighted by molar-refractivity contribution is -0.114. The molecule has 0 bridgehead atoms. The average molecular weight is 374 g/mol. The Bertz CT molecular complexity index is 824. The second-order valence-corrected chi connectivity index (χ2v) is 7.73. The van der Waals surface area contributed by atoms with Gasteiger partial charge in [0.15, 0.2) is 0 Å². The first-order valence-corrected chi connectivity index (χ1v) is 9.85. The van der Waals surface area contributed by atoms with E-state index < -0.39 is 0 Å². The van der Waals surface area contributed by atoms with E-state index in [1.165, 1.54) is 32.1 Å². The molecule has 0 spiro atoms. The van der Waals surface area contributed by atoms with Gasteiger partial charge in [-0.25, -0.2) is 0 Å². The second kappa shape index (κ2) is 7.70. The number of carbonyl (C=O) groups excluding carboxylic acids is 1. The second-order valence-electron chi connectivity index (χ2n) is 7.29. The van der Waals surface area contributed by atoms with Crippen molar-refractivity contribution in [2.45, 2.75) is 51.0 Å². The lowest BCUT2D eigenvalue weighted by atomic mass is 9.84. The predicted molar refractivity (Wildman–Crippen MR) is 104 cm³/mol. The molecule has 0 saturated heterocycles. The first-order valence-electron chi connectivity index (χ1n) is 9.47. The molecule has 2 aliphatic rings. The van der Waals surface area contributed by atoms with Gasteiger partial charge in [0.25, 0.3) is 5.91 Å². The molecule has 1 unspecified atom stereocenters. The third-order valence-electron chi connectivity index (χ3n) is 5.54. The highest BCUT2D eigenvalue weighted by atomic mass is 35.5. The predicted octanol–water partition coefficient (Wildman–Crippen LogP) is 4.21. The van der Waals surface area contributed by atoms with E-state index in [-0.39, 0.29) is 12.0 Å². The third-order valence-corrected chi connectivity index (χ3v) is 5.78. The highest BCUT2D eigenvalue weighted by Gasteiger charge is 2.33. The van der Waals surface area contributed by atoms with Gasteiger partial charge >= 0.3 is 0 Å². The number of hydrogen-bond donors (Lipinski definition) is 2. The molecule has 1 fully saturated rings. The molecule has 1 saturated carbocycles. The van der Waals surface area contributed by atoms with Crippen LogP contribution in [0.1, 0.15) is 44.1 Å². The van der Waals surface area contributed by atoms with Crippen molar-refractivity contribution in [1.29, 1.82) is 0 Å². The molecule has 0 radical (unpaired) electrons. The van der Waals surface area contributed by atoms with Crippen LogP contribution in [0.4, 0.5) is 0 Å². The van der Waals surface area contributed by atoms with Crippen molar-refractivity contribution in [3.8, 4) is 0 Å². The Morgan fingerprint density at radius 1 is 1.31 bits per heavy atom. The van der Waals surface area contributed by atoms with Gasteiger partial charge in [0.2, 0.25) is 0 Å². The number of amides is 1. The molecule has 2 aromatic rings. The lowest BCUT2D eigenvalue weighted by Gasteiger charge is -2.25. The molecule has 6 heteroatoms. The normalized spacial score (nSPS) is 20.8. The molecule has 4 rings (SSSR count). The summed E-state index contributed by atoms with van der Waals surface area (Å²) in [6, 6.07) is 5.79. The fraction of sp³-hybridized carbons (Fsp3) is 0.500. The van der Waals surface area contributed by atoms with E-state index in [1.807, 2.05) is 24.4 Å². The highest BCUT2D eigenvalue weighted by Crippen LogP contribution is 2.31. The molecule has 1 aliphatic heterocycles. The summed E-state index contributed by atoms with van der Waals surface area (Å²) >= 11 is 6.08. The van der Waals surface area contributed by atoms with Gasteiger partial charge in [-0.05, 0) is 48.9 Å². The molecule has 138 valence electrons. The van der Waals surface area contributed by atoms with E-state index in [1.54, 1.807) is 0 Å². The highest BCUT2D eigenvalue weighted by molar-refractivity contribution is 6.39. The standard InChI is InChI=1S/C20H24ClN3O2/c21-15-6-7-17-16(10-15)14(12-23-17)8-9-22-20(25)18-11-19(26-24-18)13-4-2-1-3-5-13/h6-7,10,12-13,19,23H,1-5,8-9,11H2,(H,22,25). The third kappa shape index (κ3) is 3.73. The van der Waals surface area contributed by atoms with Gasteiger partial charge in [0.1, 0.15) is 11.8 Å². The van der Waals surface area contributed by atoms with Gasteiger partial charge in [-0.3, -0.25) is 4.79 Å². The maximum Gasteiger partial charge on any atom is 0.269 e. The Balaban J connectivity index is 1.28. The molecule has 1 aromatic heterocycles. The van der Waals surface area contributed by atoms with Crippen molar-refractivity contribution < 1.29 is 9.63 Å². The van der Waals surface area contributed by atoms with Crippen LogP contribution in [-0.4, -0.2) is 29.3 Å². The van der Waals surface area contributed by atoms with Gasteiger partial charge < -0.3 is 15.1 Å². The smallest absolute Gasteiger partial charge is 0.269 e. The number of aromatic nitrogens is 1. The van der Waals surface area contributed by atoms with Gasteiger partial charge in [-0.15, -0.1) is 0 Å². The Morgan fingerprint density at radius 2 is 2.15 bits per heavy atom. The number of hydrogen-bond acceptors (Lipinski definition) is 3. The number of aromatic amines is 1. The first-order chi connectivity index (χ1) is 12.7. The fourth-order valence-electron chi connectivity index (χ4n) is 4.06. The topological polar surface area (TPSA) is 66.5 Å². The number of oxime groups is 1. The molecule has 2 heterocycles. The van der Waals surface area contributed by atoms with Crippen LogP contribution in [0.15, 0.2) is 29.6 Å². The number of rotatable bonds is 5. The van der Waals surface area contributed by atoms with Gasteiger partial charge in [-0.2, -0.15) is 0 Å². The summed E-state index contributed by atoms with van der Waals surface area (Å²) in [5, 5.41) is 8.84. The Kier molecular flexibility index (Phi) is 5.16. The molecule has 2 N–H and O–H groups in total. The molecular formula is C20H24ClN3O2. The Morgan fingerprint density at radius 3 is 3.00 bits per heavy atom. The maximum absolute atomic E-state index is 12.4. The van der Waals surface area contributed by atoms with Gasteiger partial charge in [-0.1, -0.05) is 36.0 Å². The maximum atomic E-state index is 12.4. The summed E-state index contributed by atoms with van der Waals surface area (Å²) < 4.78 is 0. The molecule has 1 aliphatic carbocycles. The summed E-state index contributed by atoms with van der Waals surface area (Å²) in [6.07, 6.45) is 9.68. The van der Waals surface area contributed by atoms with Crippen LogP contribution in [-0.2, 0) is 16.1 Å². The lowest BCUT2D eigenvalue weighted by Crippen LogP contribution is -2.33. The molecule has 1 amide bonds. The summed E-state index contributed by atoms with van der Waals surface area (Å²) in [5.74, 6) is 0.440. The van der Waals surface area contributed by atoms with Crippen LogP contribution in [0.25, 0.3) is 10.9 Å². The minimum Gasteiger partial charge on any atom is -0.391 e. The average Bonchev–Trinajstić information content (AvgIpc) is 3.30. The number of nitrogens with one attached hydrogen (secondary N) is 2. The molecule has 5 nitrogen and oxygen atoms in total. The summed E-state index contributed by atoms with van der Waals surface area (Å²) in [4.78, 5) is 21.2. The van der Waals surface area contributed by atoms with Crippen molar-refractivity contribution >= 4 is 34.1 Å². The van der Waals surface area contributed by atoms with Crippen molar-refractivity contribution in [3.63, 3.8) is 0 Å². The minimum absolute atomic E-state index is 0.0896. The van der Waals surface area contributed by atoms with E-state index in [4.69, 9.17) is 16.4 Å². The van der Waals surface area contributed by atoms with E-state index >= 15 is 0 Å². The van der Waals surface area contributed by atoms with Crippen molar-refractivity contribution in [3.05, 3.63) is 35.0 Å². The SMILES string of the molecule is O=C(NCCc1c[nH]c2ccc(Cl)cc12)C1=NOC(C2CCCCC2)C1. The van der Waals surface area contributed by atoms with Crippen LogP contribution in [0, 0.1) is 5.92 Å². The summed E-state index contributed by atoms with van der Waals surface area (Å²) in [7, 11) is 0. The zero-order valence-corrected chi connectivity index (χ0v) is 15.5. The zero-order chi connectivity index (χ0) is 17.9. The fourth-order valence-corrected chi connectivity index (χ4v) is 4.23. The van der Waals surface area contributed by atoms with Crippen molar-refractivity contribution in [1.82, 2.24) is 10.3 Å². The number of fused-ring (bicyclic) bond motifs is 1. The van der Waals surface area contributed by atoms with Gasteiger partial charge in [0, 0.05) is 35.1 Å². The number of benzene rings is 1. The van der Waals surface area contributed by atoms with Crippen LogP contribution in [0.2, 0.25) is 5.02 Å². The molecular weight excluding hydrogens is 350 g/mol. The van der Waals surface area contributed by atoms with E-state index in [0.29, 0.717) is 29.6 Å². The molecule has 1 aromatic carbocycles. The number of H-pyrrole nitrogens is 1. The van der Waals surface area contributed by atoms with Gasteiger partial charge in [0.05, 0.1) is 0 Å². The zero-order valence-electron chi connectivity index (χ0n) is 14.8. The minimum atomic E-state index is -0.110. The number of halogens is 1. The largest absolute Gasteiger partial charge is 0.391 e. The van der Waals surface area contributed by atoms with Crippen LogP contribution in [0.5, 0.6) is 0 Å². The van der Waals surface area contributed by atoms with E-state index in [0.717, 1.165) is 22.9 Å². The Hall–Kier alpha value is -2.01. The monoisotopic (exact) mass is 373 g/mol. The van der Waals surface area contributed by atoms with Crippen LogP contribution >= 0.6 is 11.6 Å². The van der Waals surface area contributed by atoms with Crippen LogP contribution in [0.3, 0.4) is 0 Å².